The number of hydrogen-bond donors (Lipinski definition) is 1. The third-order valence-corrected chi connectivity index (χ3v) is 4.53. The molecule has 1 atom stereocenters. The van der Waals surface area contributed by atoms with E-state index in [-0.39, 0.29) is 5.54 Å². The number of nitrogens with zero attached hydrogens (tertiary/aromatic N) is 1. The number of likely N-dealkylation sites (tertiary alicyclic amines) is 1. The summed E-state index contributed by atoms with van der Waals surface area (Å²) < 4.78 is 5.56. The first-order valence-electron chi connectivity index (χ1n) is 7.21. The van der Waals surface area contributed by atoms with E-state index in [9.17, 15) is 4.79 Å². The second-order valence-corrected chi connectivity index (χ2v) is 5.87. The lowest BCUT2D eigenvalue weighted by Gasteiger charge is -2.39. The molecule has 0 bridgehead atoms. The Balaban J connectivity index is 1.70. The van der Waals surface area contributed by atoms with Gasteiger partial charge in [0.05, 0.1) is 6.10 Å². The van der Waals surface area contributed by atoms with Gasteiger partial charge in [0.25, 0.3) is 0 Å². The van der Waals surface area contributed by atoms with E-state index in [0.29, 0.717) is 18.4 Å². The molecule has 0 aromatic rings. The third-order valence-electron chi connectivity index (χ3n) is 4.53. The van der Waals surface area contributed by atoms with Crippen LogP contribution in [0.3, 0.4) is 0 Å². The summed E-state index contributed by atoms with van der Waals surface area (Å²) in [6.07, 6.45) is 6.28. The van der Waals surface area contributed by atoms with Gasteiger partial charge in [-0.15, -0.1) is 0 Å². The van der Waals surface area contributed by atoms with Crippen molar-refractivity contribution in [1.29, 1.82) is 0 Å². The van der Waals surface area contributed by atoms with E-state index in [1.807, 2.05) is 11.9 Å². The number of hydrogen-bond acceptors (Lipinski definition) is 3. The Labute approximate surface area is 110 Å². The van der Waals surface area contributed by atoms with Gasteiger partial charge in [0.15, 0.2) is 0 Å². The fourth-order valence-electron chi connectivity index (χ4n) is 2.81. The first kappa shape index (κ1) is 13.8. The maximum absolute atomic E-state index is 12.1. The van der Waals surface area contributed by atoms with Gasteiger partial charge in [-0.05, 0) is 46.1 Å². The number of nitrogens with one attached hydrogen (secondary N) is 1. The Morgan fingerprint density at radius 3 is 2.72 bits per heavy atom. The molecule has 2 aliphatic heterocycles. The van der Waals surface area contributed by atoms with Crippen molar-refractivity contribution in [2.75, 3.05) is 26.7 Å². The highest BCUT2D eigenvalue weighted by Crippen LogP contribution is 2.23. The molecule has 2 heterocycles. The van der Waals surface area contributed by atoms with E-state index in [0.717, 1.165) is 51.8 Å². The van der Waals surface area contributed by atoms with Crippen LogP contribution in [-0.2, 0) is 9.53 Å². The Morgan fingerprint density at radius 2 is 2.17 bits per heavy atom. The fourth-order valence-corrected chi connectivity index (χ4v) is 2.81. The Kier molecular flexibility index (Phi) is 4.62. The Morgan fingerprint density at radius 1 is 1.44 bits per heavy atom. The molecule has 0 spiro atoms. The van der Waals surface area contributed by atoms with Crippen LogP contribution < -0.4 is 5.32 Å². The SMILES string of the molecule is CNC1(C)CCN(C(=O)CCC2CCCO2)CC1. The molecule has 2 aliphatic rings. The van der Waals surface area contributed by atoms with Crippen LogP contribution in [0, 0.1) is 0 Å². The summed E-state index contributed by atoms with van der Waals surface area (Å²) in [5.74, 6) is 0.309. The van der Waals surface area contributed by atoms with Crippen LogP contribution in [0.1, 0.15) is 45.4 Å². The first-order chi connectivity index (χ1) is 8.63. The molecule has 4 nitrogen and oxygen atoms in total. The average molecular weight is 254 g/mol. The van der Waals surface area contributed by atoms with Crippen molar-refractivity contribution in [3.8, 4) is 0 Å². The minimum absolute atomic E-state index is 0.214. The molecule has 0 aliphatic carbocycles. The van der Waals surface area contributed by atoms with Gasteiger partial charge in [-0.2, -0.15) is 0 Å². The molecule has 2 saturated heterocycles. The average Bonchev–Trinajstić information content (AvgIpc) is 2.90. The molecule has 2 rings (SSSR count). The monoisotopic (exact) mass is 254 g/mol. The standard InChI is InChI=1S/C14H26N2O2/c1-14(15-2)7-9-16(10-8-14)13(17)6-5-12-4-3-11-18-12/h12,15H,3-11H2,1-2H3. The highest BCUT2D eigenvalue weighted by atomic mass is 16.5. The van der Waals surface area contributed by atoms with E-state index in [1.165, 1.54) is 0 Å². The normalized spacial score (nSPS) is 27.4. The van der Waals surface area contributed by atoms with Crippen molar-refractivity contribution in [2.45, 2.75) is 57.1 Å². The van der Waals surface area contributed by atoms with Gasteiger partial charge in [-0.25, -0.2) is 0 Å². The maximum Gasteiger partial charge on any atom is 0.222 e. The molecule has 104 valence electrons. The number of carbonyl (C=O) groups excluding carboxylic acids is 1. The fraction of sp³-hybridized carbons (Fsp3) is 0.929. The van der Waals surface area contributed by atoms with Crippen LogP contribution >= 0.6 is 0 Å². The highest BCUT2D eigenvalue weighted by Gasteiger charge is 2.30. The van der Waals surface area contributed by atoms with Gasteiger partial charge in [-0.1, -0.05) is 0 Å². The number of piperidine rings is 1. The molecular weight excluding hydrogens is 228 g/mol. The van der Waals surface area contributed by atoms with Gasteiger partial charge < -0.3 is 15.0 Å². The zero-order valence-electron chi connectivity index (χ0n) is 11.7. The summed E-state index contributed by atoms with van der Waals surface area (Å²) in [6.45, 7) is 4.90. The van der Waals surface area contributed by atoms with Gasteiger partial charge >= 0.3 is 0 Å². The summed E-state index contributed by atoms with van der Waals surface area (Å²) in [5.41, 5.74) is 0.214. The highest BCUT2D eigenvalue weighted by molar-refractivity contribution is 5.76. The lowest BCUT2D eigenvalue weighted by molar-refractivity contribution is -0.133. The Bertz CT molecular complexity index is 280. The van der Waals surface area contributed by atoms with E-state index in [2.05, 4.69) is 12.2 Å². The Hall–Kier alpha value is -0.610. The molecule has 1 unspecified atom stereocenters. The molecular formula is C14H26N2O2. The predicted molar refractivity (Wildman–Crippen MR) is 71.5 cm³/mol. The summed E-state index contributed by atoms with van der Waals surface area (Å²) in [6, 6.07) is 0. The van der Waals surface area contributed by atoms with Crippen LogP contribution in [0.5, 0.6) is 0 Å². The zero-order valence-corrected chi connectivity index (χ0v) is 11.7. The second-order valence-electron chi connectivity index (χ2n) is 5.87. The van der Waals surface area contributed by atoms with E-state index >= 15 is 0 Å². The van der Waals surface area contributed by atoms with Crippen molar-refractivity contribution in [1.82, 2.24) is 10.2 Å². The molecule has 0 aromatic heterocycles. The topological polar surface area (TPSA) is 41.6 Å². The van der Waals surface area contributed by atoms with Crippen LogP contribution in [0.25, 0.3) is 0 Å². The minimum atomic E-state index is 0.214. The molecule has 18 heavy (non-hydrogen) atoms. The quantitative estimate of drug-likeness (QED) is 0.827. The van der Waals surface area contributed by atoms with Crippen LogP contribution in [0.15, 0.2) is 0 Å². The summed E-state index contributed by atoms with van der Waals surface area (Å²) >= 11 is 0. The van der Waals surface area contributed by atoms with Crippen molar-refractivity contribution in [3.05, 3.63) is 0 Å². The predicted octanol–water partition coefficient (Wildman–Crippen LogP) is 1.55. The van der Waals surface area contributed by atoms with Gasteiger partial charge in [-0.3, -0.25) is 4.79 Å². The van der Waals surface area contributed by atoms with Gasteiger partial charge in [0.1, 0.15) is 0 Å². The van der Waals surface area contributed by atoms with Crippen molar-refractivity contribution < 1.29 is 9.53 Å². The van der Waals surface area contributed by atoms with E-state index in [4.69, 9.17) is 4.74 Å². The first-order valence-corrected chi connectivity index (χ1v) is 7.21. The van der Waals surface area contributed by atoms with Gasteiger partial charge in [0, 0.05) is 31.7 Å². The van der Waals surface area contributed by atoms with Gasteiger partial charge in [0.2, 0.25) is 5.91 Å². The van der Waals surface area contributed by atoms with Crippen molar-refractivity contribution >= 4 is 5.91 Å². The molecule has 0 aromatic carbocycles. The second kappa shape index (κ2) is 6.02. The number of rotatable bonds is 4. The van der Waals surface area contributed by atoms with Crippen LogP contribution in [-0.4, -0.2) is 49.2 Å². The molecule has 4 heteroatoms. The summed E-state index contributed by atoms with van der Waals surface area (Å²) in [4.78, 5) is 14.1. The van der Waals surface area contributed by atoms with E-state index < -0.39 is 0 Å². The zero-order chi connectivity index (χ0) is 13.0. The smallest absolute Gasteiger partial charge is 0.222 e. The molecule has 1 N–H and O–H groups in total. The summed E-state index contributed by atoms with van der Waals surface area (Å²) in [5, 5.41) is 3.36. The summed E-state index contributed by atoms with van der Waals surface area (Å²) in [7, 11) is 2.01. The molecule has 1 amide bonds. The number of ether oxygens (including phenoxy) is 1. The lowest BCUT2D eigenvalue weighted by atomic mass is 9.90. The van der Waals surface area contributed by atoms with Crippen LogP contribution in [0.4, 0.5) is 0 Å². The molecule has 0 radical (unpaired) electrons. The largest absolute Gasteiger partial charge is 0.378 e. The lowest BCUT2D eigenvalue weighted by Crippen LogP contribution is -2.51. The van der Waals surface area contributed by atoms with Crippen molar-refractivity contribution in [2.24, 2.45) is 0 Å². The van der Waals surface area contributed by atoms with E-state index in [1.54, 1.807) is 0 Å². The number of carbonyl (C=O) groups is 1. The molecule has 2 fully saturated rings. The maximum atomic E-state index is 12.1. The number of amides is 1. The van der Waals surface area contributed by atoms with Crippen molar-refractivity contribution in [3.63, 3.8) is 0 Å². The minimum Gasteiger partial charge on any atom is -0.378 e. The van der Waals surface area contributed by atoms with Crippen LogP contribution in [0.2, 0.25) is 0 Å². The third kappa shape index (κ3) is 3.45. The molecule has 0 saturated carbocycles.